The number of hydrogen-bond donors (Lipinski definition) is 1. The average molecular weight is 566 g/mol. The summed E-state index contributed by atoms with van der Waals surface area (Å²) in [7, 11) is -4.26. The third-order valence-electron chi connectivity index (χ3n) is 5.56. The first-order valence-electron chi connectivity index (χ1n) is 11.4. The van der Waals surface area contributed by atoms with Crippen LogP contribution in [0.5, 0.6) is 0 Å². The number of amides is 2. The zero-order valence-corrected chi connectivity index (χ0v) is 22.5. The Labute approximate surface area is 225 Å². The molecule has 0 radical (unpaired) electrons. The van der Waals surface area contributed by atoms with E-state index in [0.29, 0.717) is 6.54 Å². The normalized spacial score (nSPS) is 12.0. The molecule has 0 bridgehead atoms. The van der Waals surface area contributed by atoms with Gasteiger partial charge in [-0.2, -0.15) is 0 Å². The van der Waals surface area contributed by atoms with Crippen LogP contribution < -0.4 is 9.62 Å². The van der Waals surface area contributed by atoms with Crippen molar-refractivity contribution in [3.8, 4) is 0 Å². The zero-order chi connectivity index (χ0) is 27.2. The summed E-state index contributed by atoms with van der Waals surface area (Å²) < 4.78 is 42.7. The van der Waals surface area contributed by atoms with Gasteiger partial charge in [0.25, 0.3) is 10.0 Å². The fourth-order valence-corrected chi connectivity index (χ4v) is 5.58. The summed E-state index contributed by atoms with van der Waals surface area (Å²) in [4.78, 5) is 27.4. The van der Waals surface area contributed by atoms with Crippen LogP contribution in [0, 0.1) is 5.82 Å². The molecule has 0 aromatic heterocycles. The number of rotatable bonds is 10. The maximum atomic E-state index is 14.5. The lowest BCUT2D eigenvalue weighted by atomic mass is 10.1. The van der Waals surface area contributed by atoms with Crippen LogP contribution in [0.3, 0.4) is 0 Å². The molecule has 0 heterocycles. The van der Waals surface area contributed by atoms with Crippen LogP contribution in [0.2, 0.25) is 10.0 Å². The van der Waals surface area contributed by atoms with E-state index in [1.165, 1.54) is 55.5 Å². The van der Waals surface area contributed by atoms with Crippen LogP contribution in [0.4, 0.5) is 10.1 Å². The molecule has 0 aliphatic heterocycles. The molecule has 0 unspecified atom stereocenters. The molecule has 7 nitrogen and oxygen atoms in total. The summed E-state index contributed by atoms with van der Waals surface area (Å²) in [6.45, 7) is 2.60. The van der Waals surface area contributed by atoms with Crippen LogP contribution in [0.25, 0.3) is 0 Å². The fourth-order valence-electron chi connectivity index (χ4n) is 3.65. The molecule has 3 rings (SSSR count). The summed E-state index contributed by atoms with van der Waals surface area (Å²) in [5.41, 5.74) is 0.237. The van der Waals surface area contributed by atoms with Gasteiger partial charge in [0, 0.05) is 28.7 Å². The summed E-state index contributed by atoms with van der Waals surface area (Å²) >= 11 is 12.3. The highest BCUT2D eigenvalue weighted by molar-refractivity contribution is 7.92. The van der Waals surface area contributed by atoms with Gasteiger partial charge in [-0.05, 0) is 50.2 Å². The van der Waals surface area contributed by atoms with Gasteiger partial charge in [-0.15, -0.1) is 0 Å². The number of carbonyl (C=O) groups is 2. The minimum atomic E-state index is -4.26. The van der Waals surface area contributed by atoms with Crippen LogP contribution in [-0.4, -0.2) is 44.3 Å². The number of benzene rings is 3. The van der Waals surface area contributed by atoms with Crippen molar-refractivity contribution in [1.29, 1.82) is 0 Å². The van der Waals surface area contributed by atoms with Crippen molar-refractivity contribution in [2.24, 2.45) is 0 Å². The van der Waals surface area contributed by atoms with Gasteiger partial charge in [0.05, 0.1) is 10.6 Å². The summed E-state index contributed by atoms with van der Waals surface area (Å²) in [6.07, 6.45) is 0. The summed E-state index contributed by atoms with van der Waals surface area (Å²) in [5.74, 6) is -1.74. The molecule has 0 spiro atoms. The lowest BCUT2D eigenvalue weighted by Crippen LogP contribution is -2.51. The van der Waals surface area contributed by atoms with Crippen molar-refractivity contribution in [3.05, 3.63) is 94.2 Å². The van der Waals surface area contributed by atoms with E-state index in [-0.39, 0.29) is 32.7 Å². The molecular formula is C26H26Cl2FN3O4S. The largest absolute Gasteiger partial charge is 0.355 e. The van der Waals surface area contributed by atoms with E-state index >= 15 is 0 Å². The highest BCUT2D eigenvalue weighted by Crippen LogP contribution is 2.30. The number of hydrogen-bond acceptors (Lipinski definition) is 4. The molecule has 0 saturated heterocycles. The second-order valence-electron chi connectivity index (χ2n) is 8.14. The second-order valence-corrected chi connectivity index (χ2v) is 10.9. The Kier molecular flexibility index (Phi) is 9.53. The third kappa shape index (κ3) is 7.00. The van der Waals surface area contributed by atoms with Gasteiger partial charge in [-0.25, -0.2) is 12.8 Å². The standard InChI is InChI=1S/C26H26Cl2FN3O4S/c1-3-30-26(34)18(2)31(16-19-9-7-8-12-24(19)29)25(33)17-32(22-14-20(27)13-21(28)15-22)37(35,36)23-10-5-4-6-11-23/h4-15,18H,3,16-17H2,1-2H3,(H,30,34)/t18-/m0/s1. The summed E-state index contributed by atoms with van der Waals surface area (Å²) in [6, 6.07) is 16.6. The first kappa shape index (κ1) is 28.4. The van der Waals surface area contributed by atoms with Crippen molar-refractivity contribution in [3.63, 3.8) is 0 Å². The number of nitrogens with zero attached hydrogens (tertiary/aromatic N) is 2. The van der Waals surface area contributed by atoms with Gasteiger partial charge in [0.1, 0.15) is 18.4 Å². The Hall–Kier alpha value is -3.14. The fraction of sp³-hybridized carbons (Fsp3) is 0.231. The Morgan fingerprint density at radius 3 is 2.16 bits per heavy atom. The van der Waals surface area contributed by atoms with Crippen molar-refractivity contribution < 1.29 is 22.4 Å². The predicted molar refractivity (Wildman–Crippen MR) is 143 cm³/mol. The molecule has 0 saturated carbocycles. The molecule has 37 heavy (non-hydrogen) atoms. The zero-order valence-electron chi connectivity index (χ0n) is 20.2. The SMILES string of the molecule is CCNC(=O)[C@H](C)N(Cc1ccccc1F)C(=O)CN(c1cc(Cl)cc(Cl)c1)S(=O)(=O)c1ccccc1. The molecule has 0 aliphatic rings. The lowest BCUT2D eigenvalue weighted by molar-refractivity contribution is -0.139. The van der Waals surface area contributed by atoms with E-state index in [1.54, 1.807) is 31.2 Å². The molecule has 3 aromatic carbocycles. The highest BCUT2D eigenvalue weighted by atomic mass is 35.5. The van der Waals surface area contributed by atoms with E-state index in [2.05, 4.69) is 5.32 Å². The highest BCUT2D eigenvalue weighted by Gasteiger charge is 2.33. The monoisotopic (exact) mass is 565 g/mol. The van der Waals surface area contributed by atoms with Gasteiger partial charge in [-0.1, -0.05) is 59.6 Å². The molecule has 196 valence electrons. The minimum absolute atomic E-state index is 0.0590. The maximum absolute atomic E-state index is 14.5. The van der Waals surface area contributed by atoms with Crippen molar-refractivity contribution in [2.75, 3.05) is 17.4 Å². The smallest absolute Gasteiger partial charge is 0.264 e. The molecule has 3 aromatic rings. The van der Waals surface area contributed by atoms with Gasteiger partial charge in [0.15, 0.2) is 0 Å². The number of sulfonamides is 1. The first-order chi connectivity index (χ1) is 17.5. The van der Waals surface area contributed by atoms with Crippen LogP contribution in [0.15, 0.2) is 77.7 Å². The molecular weight excluding hydrogens is 540 g/mol. The second kappa shape index (κ2) is 12.4. The lowest BCUT2D eigenvalue weighted by Gasteiger charge is -2.32. The first-order valence-corrected chi connectivity index (χ1v) is 13.6. The quantitative estimate of drug-likeness (QED) is 0.379. The van der Waals surface area contributed by atoms with E-state index in [9.17, 15) is 22.4 Å². The van der Waals surface area contributed by atoms with Crippen LogP contribution in [0.1, 0.15) is 19.4 Å². The van der Waals surface area contributed by atoms with Gasteiger partial charge >= 0.3 is 0 Å². The van der Waals surface area contributed by atoms with Crippen molar-refractivity contribution in [1.82, 2.24) is 10.2 Å². The van der Waals surface area contributed by atoms with Crippen LogP contribution >= 0.6 is 23.2 Å². The predicted octanol–water partition coefficient (Wildman–Crippen LogP) is 4.88. The van der Waals surface area contributed by atoms with Crippen molar-refractivity contribution >= 4 is 50.7 Å². The van der Waals surface area contributed by atoms with Gasteiger partial charge in [0.2, 0.25) is 11.8 Å². The topological polar surface area (TPSA) is 86.8 Å². The molecule has 1 N–H and O–H groups in total. The molecule has 0 fully saturated rings. The summed E-state index contributed by atoms with van der Waals surface area (Å²) in [5, 5.41) is 2.98. The third-order valence-corrected chi connectivity index (χ3v) is 7.79. The van der Waals surface area contributed by atoms with Crippen LogP contribution in [-0.2, 0) is 26.2 Å². The minimum Gasteiger partial charge on any atom is -0.355 e. The maximum Gasteiger partial charge on any atom is 0.264 e. The van der Waals surface area contributed by atoms with E-state index in [4.69, 9.17) is 23.2 Å². The van der Waals surface area contributed by atoms with Crippen molar-refractivity contribution in [2.45, 2.75) is 31.3 Å². The van der Waals surface area contributed by atoms with E-state index < -0.39 is 40.2 Å². The van der Waals surface area contributed by atoms with Gasteiger partial charge in [-0.3, -0.25) is 13.9 Å². The Bertz CT molecular complexity index is 1350. The number of carbonyl (C=O) groups excluding carboxylic acids is 2. The Morgan fingerprint density at radius 2 is 1.57 bits per heavy atom. The molecule has 2 amide bonds. The van der Waals surface area contributed by atoms with Gasteiger partial charge < -0.3 is 10.2 Å². The number of halogens is 3. The Morgan fingerprint density at radius 1 is 0.973 bits per heavy atom. The number of nitrogens with one attached hydrogen (secondary N) is 1. The number of anilines is 1. The Balaban J connectivity index is 2.06. The molecule has 11 heteroatoms. The van der Waals surface area contributed by atoms with E-state index in [0.717, 1.165) is 9.21 Å². The molecule has 1 atom stereocenters. The molecule has 0 aliphatic carbocycles. The number of likely N-dealkylation sites (N-methyl/N-ethyl adjacent to an activating group) is 1. The van der Waals surface area contributed by atoms with E-state index in [1.807, 2.05) is 0 Å². The average Bonchev–Trinajstić information content (AvgIpc) is 2.86.